The van der Waals surface area contributed by atoms with Crippen LogP contribution in [0.5, 0.6) is 0 Å². The van der Waals surface area contributed by atoms with Crippen LogP contribution in [0.1, 0.15) is 51.9 Å². The van der Waals surface area contributed by atoms with Crippen LogP contribution in [0.15, 0.2) is 12.2 Å². The second kappa shape index (κ2) is 12.6. The van der Waals surface area contributed by atoms with E-state index in [4.69, 9.17) is 14.9 Å². The Balaban J connectivity index is 3.37. The first-order valence-electron chi connectivity index (χ1n) is 6.83. The summed E-state index contributed by atoms with van der Waals surface area (Å²) in [6, 6.07) is 0. The standard InChI is InChI=1S/C14H26O4/c1-2-3-4-5-6-7-8-9-10-14(17)18-12-13(16)11-15/h9-10,13,15-16H,2-8,11-12H2,1H3. The predicted molar refractivity (Wildman–Crippen MR) is 71.2 cm³/mol. The van der Waals surface area contributed by atoms with Gasteiger partial charge in [0, 0.05) is 6.08 Å². The molecule has 4 heteroatoms. The molecular formula is C14H26O4. The van der Waals surface area contributed by atoms with Gasteiger partial charge in [0.05, 0.1) is 6.61 Å². The van der Waals surface area contributed by atoms with Crippen molar-refractivity contribution in [1.82, 2.24) is 0 Å². The molecule has 0 aliphatic carbocycles. The fourth-order valence-corrected chi connectivity index (χ4v) is 1.50. The topological polar surface area (TPSA) is 66.8 Å². The van der Waals surface area contributed by atoms with Crippen molar-refractivity contribution >= 4 is 5.97 Å². The summed E-state index contributed by atoms with van der Waals surface area (Å²) in [5.74, 6) is -0.464. The van der Waals surface area contributed by atoms with Crippen LogP contribution in [0, 0.1) is 0 Å². The van der Waals surface area contributed by atoms with Gasteiger partial charge in [0.25, 0.3) is 0 Å². The van der Waals surface area contributed by atoms with Gasteiger partial charge in [0.1, 0.15) is 12.7 Å². The Hall–Kier alpha value is -0.870. The van der Waals surface area contributed by atoms with E-state index >= 15 is 0 Å². The Morgan fingerprint density at radius 2 is 1.89 bits per heavy atom. The third-order valence-electron chi connectivity index (χ3n) is 2.61. The SMILES string of the molecule is CCCCCCCCC=CC(=O)OCC(O)CO. The Kier molecular flexibility index (Phi) is 12.0. The summed E-state index contributed by atoms with van der Waals surface area (Å²) in [5.41, 5.74) is 0. The summed E-state index contributed by atoms with van der Waals surface area (Å²) in [4.78, 5) is 11.1. The van der Waals surface area contributed by atoms with Crippen molar-refractivity contribution in [2.45, 2.75) is 58.0 Å². The second-order valence-electron chi connectivity index (χ2n) is 4.43. The molecule has 2 N–H and O–H groups in total. The number of hydrogen-bond donors (Lipinski definition) is 2. The maximum absolute atomic E-state index is 11.1. The van der Waals surface area contributed by atoms with Crippen LogP contribution in [-0.2, 0) is 9.53 Å². The summed E-state index contributed by atoms with van der Waals surface area (Å²) in [6.45, 7) is 1.65. The summed E-state index contributed by atoms with van der Waals surface area (Å²) in [7, 11) is 0. The molecule has 18 heavy (non-hydrogen) atoms. The molecule has 0 heterocycles. The number of carbonyl (C=O) groups is 1. The van der Waals surface area contributed by atoms with E-state index in [0.29, 0.717) is 0 Å². The van der Waals surface area contributed by atoms with Crippen LogP contribution in [0.25, 0.3) is 0 Å². The van der Waals surface area contributed by atoms with Crippen LogP contribution in [-0.4, -0.2) is 35.5 Å². The van der Waals surface area contributed by atoms with Gasteiger partial charge in [-0.05, 0) is 12.8 Å². The van der Waals surface area contributed by atoms with Crippen molar-refractivity contribution in [1.29, 1.82) is 0 Å². The first-order valence-corrected chi connectivity index (χ1v) is 6.83. The summed E-state index contributed by atoms with van der Waals surface area (Å²) in [6.07, 6.45) is 10.5. The second-order valence-corrected chi connectivity index (χ2v) is 4.43. The van der Waals surface area contributed by atoms with Gasteiger partial charge >= 0.3 is 5.97 Å². The molecule has 0 aromatic heterocycles. The van der Waals surface area contributed by atoms with Crippen molar-refractivity contribution in [3.63, 3.8) is 0 Å². The molecule has 0 saturated carbocycles. The third-order valence-corrected chi connectivity index (χ3v) is 2.61. The van der Waals surface area contributed by atoms with Gasteiger partial charge in [-0.1, -0.05) is 45.1 Å². The van der Waals surface area contributed by atoms with Gasteiger partial charge in [-0.15, -0.1) is 0 Å². The molecule has 0 radical (unpaired) electrons. The van der Waals surface area contributed by atoms with Gasteiger partial charge < -0.3 is 14.9 Å². The number of esters is 1. The lowest BCUT2D eigenvalue weighted by atomic mass is 10.1. The molecule has 106 valence electrons. The van der Waals surface area contributed by atoms with Crippen LogP contribution >= 0.6 is 0 Å². The van der Waals surface area contributed by atoms with Gasteiger partial charge in [-0.3, -0.25) is 0 Å². The zero-order valence-electron chi connectivity index (χ0n) is 11.3. The highest BCUT2D eigenvalue weighted by Gasteiger charge is 2.04. The quantitative estimate of drug-likeness (QED) is 0.339. The molecule has 0 bridgehead atoms. The molecule has 0 amide bonds. The minimum Gasteiger partial charge on any atom is -0.460 e. The zero-order valence-corrected chi connectivity index (χ0v) is 11.3. The van der Waals surface area contributed by atoms with E-state index < -0.39 is 18.7 Å². The largest absolute Gasteiger partial charge is 0.460 e. The lowest BCUT2D eigenvalue weighted by molar-refractivity contribution is -0.141. The maximum Gasteiger partial charge on any atom is 0.330 e. The van der Waals surface area contributed by atoms with Gasteiger partial charge in [0.2, 0.25) is 0 Å². The molecular weight excluding hydrogens is 232 g/mol. The van der Waals surface area contributed by atoms with Crippen LogP contribution in [0.3, 0.4) is 0 Å². The molecule has 0 spiro atoms. The molecule has 0 aromatic carbocycles. The van der Waals surface area contributed by atoms with Crippen molar-refractivity contribution < 1.29 is 19.7 Å². The summed E-state index contributed by atoms with van der Waals surface area (Å²) in [5, 5.41) is 17.5. The fourth-order valence-electron chi connectivity index (χ4n) is 1.50. The fraction of sp³-hybridized carbons (Fsp3) is 0.786. The lowest BCUT2D eigenvalue weighted by Gasteiger charge is -2.05. The van der Waals surface area contributed by atoms with E-state index in [9.17, 15) is 4.79 Å². The van der Waals surface area contributed by atoms with E-state index in [0.717, 1.165) is 12.8 Å². The van der Waals surface area contributed by atoms with E-state index in [1.54, 1.807) is 6.08 Å². The minimum atomic E-state index is -0.985. The van der Waals surface area contributed by atoms with Crippen molar-refractivity contribution in [3.8, 4) is 0 Å². The number of unbranched alkanes of at least 4 members (excludes halogenated alkanes) is 6. The number of aliphatic hydroxyl groups is 2. The van der Waals surface area contributed by atoms with Crippen LogP contribution in [0.4, 0.5) is 0 Å². The Morgan fingerprint density at radius 3 is 2.56 bits per heavy atom. The summed E-state index contributed by atoms with van der Waals surface area (Å²) < 4.78 is 4.72. The minimum absolute atomic E-state index is 0.156. The highest BCUT2D eigenvalue weighted by molar-refractivity contribution is 5.81. The number of ether oxygens (including phenoxy) is 1. The van der Waals surface area contributed by atoms with E-state index in [1.165, 1.54) is 38.2 Å². The van der Waals surface area contributed by atoms with Gasteiger partial charge in [-0.2, -0.15) is 0 Å². The average molecular weight is 258 g/mol. The first kappa shape index (κ1) is 17.1. The van der Waals surface area contributed by atoms with E-state index in [1.807, 2.05) is 0 Å². The third kappa shape index (κ3) is 11.6. The molecule has 0 aromatic rings. The smallest absolute Gasteiger partial charge is 0.330 e. The lowest BCUT2D eigenvalue weighted by Crippen LogP contribution is -2.21. The number of carbonyl (C=O) groups excluding carboxylic acids is 1. The molecule has 0 saturated heterocycles. The van der Waals surface area contributed by atoms with E-state index in [-0.39, 0.29) is 6.61 Å². The molecule has 0 fully saturated rings. The molecule has 0 rings (SSSR count). The van der Waals surface area contributed by atoms with Gasteiger partial charge in [0.15, 0.2) is 0 Å². The monoisotopic (exact) mass is 258 g/mol. The number of aliphatic hydroxyl groups excluding tert-OH is 2. The van der Waals surface area contributed by atoms with Crippen molar-refractivity contribution in [3.05, 3.63) is 12.2 Å². The van der Waals surface area contributed by atoms with Gasteiger partial charge in [-0.25, -0.2) is 4.79 Å². The zero-order chi connectivity index (χ0) is 13.6. The van der Waals surface area contributed by atoms with Crippen LogP contribution in [0.2, 0.25) is 0 Å². The number of rotatable bonds is 11. The Bertz CT molecular complexity index is 226. The summed E-state index contributed by atoms with van der Waals surface area (Å²) >= 11 is 0. The van der Waals surface area contributed by atoms with Crippen molar-refractivity contribution in [2.24, 2.45) is 0 Å². The highest BCUT2D eigenvalue weighted by atomic mass is 16.5. The van der Waals surface area contributed by atoms with Crippen molar-refractivity contribution in [2.75, 3.05) is 13.2 Å². The van der Waals surface area contributed by atoms with E-state index in [2.05, 4.69) is 6.92 Å². The average Bonchev–Trinajstić information content (AvgIpc) is 2.39. The van der Waals surface area contributed by atoms with Crippen LogP contribution < -0.4 is 0 Å². The Labute approximate surface area is 110 Å². The normalized spacial score (nSPS) is 12.8. The first-order chi connectivity index (χ1) is 8.70. The maximum atomic E-state index is 11.1. The molecule has 4 nitrogen and oxygen atoms in total. The molecule has 1 unspecified atom stereocenters. The number of hydrogen-bond acceptors (Lipinski definition) is 4. The Morgan fingerprint density at radius 1 is 1.22 bits per heavy atom. The molecule has 0 aliphatic rings. The molecule has 1 atom stereocenters. The predicted octanol–water partition coefficient (Wildman–Crippen LogP) is 2.19. The number of allylic oxidation sites excluding steroid dienone is 1. The molecule has 0 aliphatic heterocycles. The highest BCUT2D eigenvalue weighted by Crippen LogP contribution is 2.07.